The second-order valence-corrected chi connectivity index (χ2v) is 3.32. The maximum Gasteiger partial charge on any atom is 0.302 e. The first-order chi connectivity index (χ1) is 9.49. The summed E-state index contributed by atoms with van der Waals surface area (Å²) < 4.78 is 13.9. The lowest BCUT2D eigenvalue weighted by molar-refractivity contribution is -0.142. The van der Waals surface area contributed by atoms with Crippen LogP contribution in [0.25, 0.3) is 0 Å². The van der Waals surface area contributed by atoms with E-state index in [-0.39, 0.29) is 11.9 Å². The molecular formula is C15H24O5. The zero-order valence-electron chi connectivity index (χ0n) is 13.1. The fourth-order valence-corrected chi connectivity index (χ4v) is 0.907. The normalized spacial score (nSPS) is 8.10. The Kier molecular flexibility index (Phi) is 13.6. The Labute approximate surface area is 120 Å². The smallest absolute Gasteiger partial charge is 0.302 e. The molecule has 5 heteroatoms. The van der Waals surface area contributed by atoms with Crippen LogP contribution in [-0.2, 0) is 25.7 Å². The van der Waals surface area contributed by atoms with E-state index in [0.29, 0.717) is 6.61 Å². The topological polar surface area (TPSA) is 61.8 Å². The highest BCUT2D eigenvalue weighted by Crippen LogP contribution is 2.11. The summed E-state index contributed by atoms with van der Waals surface area (Å²) >= 11 is 0. The average Bonchev–Trinajstić information content (AvgIpc) is 2.48. The SMILES string of the molecule is CC.COC(C)=O.COc1ccc(COC(C)=O)cc1. The zero-order valence-corrected chi connectivity index (χ0v) is 13.1. The molecule has 0 aliphatic heterocycles. The van der Waals surface area contributed by atoms with E-state index in [1.54, 1.807) is 7.11 Å². The maximum atomic E-state index is 10.5. The van der Waals surface area contributed by atoms with Crippen LogP contribution in [-0.4, -0.2) is 26.2 Å². The van der Waals surface area contributed by atoms with E-state index >= 15 is 0 Å². The predicted octanol–water partition coefficient (Wildman–Crippen LogP) is 2.96. The molecule has 20 heavy (non-hydrogen) atoms. The van der Waals surface area contributed by atoms with Crippen molar-refractivity contribution in [1.82, 2.24) is 0 Å². The number of hydrogen-bond acceptors (Lipinski definition) is 5. The van der Waals surface area contributed by atoms with Gasteiger partial charge >= 0.3 is 11.9 Å². The summed E-state index contributed by atoms with van der Waals surface area (Å²) in [6.45, 7) is 7.07. The molecule has 0 saturated carbocycles. The molecule has 0 radical (unpaired) electrons. The molecule has 0 unspecified atom stereocenters. The van der Waals surface area contributed by atoms with Gasteiger partial charge in [0.25, 0.3) is 0 Å². The van der Waals surface area contributed by atoms with Crippen LogP contribution in [0, 0.1) is 0 Å². The Morgan fingerprint density at radius 1 is 0.950 bits per heavy atom. The van der Waals surface area contributed by atoms with Crippen molar-refractivity contribution >= 4 is 11.9 Å². The van der Waals surface area contributed by atoms with Crippen molar-refractivity contribution in [3.63, 3.8) is 0 Å². The van der Waals surface area contributed by atoms with Crippen molar-refractivity contribution in [3.8, 4) is 5.75 Å². The van der Waals surface area contributed by atoms with Gasteiger partial charge in [-0.25, -0.2) is 0 Å². The molecule has 0 bridgehead atoms. The quantitative estimate of drug-likeness (QED) is 0.798. The number of hydrogen-bond donors (Lipinski definition) is 0. The molecule has 0 aliphatic rings. The molecular weight excluding hydrogens is 260 g/mol. The van der Waals surface area contributed by atoms with E-state index in [9.17, 15) is 9.59 Å². The Hall–Kier alpha value is -2.04. The van der Waals surface area contributed by atoms with Crippen molar-refractivity contribution in [2.75, 3.05) is 14.2 Å². The molecule has 1 aromatic carbocycles. The summed E-state index contributed by atoms with van der Waals surface area (Å²) in [5, 5.41) is 0. The van der Waals surface area contributed by atoms with E-state index < -0.39 is 0 Å². The van der Waals surface area contributed by atoms with Crippen LogP contribution in [0.15, 0.2) is 24.3 Å². The largest absolute Gasteiger partial charge is 0.497 e. The summed E-state index contributed by atoms with van der Waals surface area (Å²) in [6, 6.07) is 7.39. The Balaban J connectivity index is 0. The van der Waals surface area contributed by atoms with Gasteiger partial charge in [-0.2, -0.15) is 0 Å². The van der Waals surface area contributed by atoms with Crippen molar-refractivity contribution in [3.05, 3.63) is 29.8 Å². The van der Waals surface area contributed by atoms with Gasteiger partial charge in [0.1, 0.15) is 12.4 Å². The van der Waals surface area contributed by atoms with Crippen LogP contribution >= 0.6 is 0 Å². The number of benzene rings is 1. The van der Waals surface area contributed by atoms with E-state index in [0.717, 1.165) is 11.3 Å². The molecule has 0 fully saturated rings. The van der Waals surface area contributed by atoms with Crippen LogP contribution in [0.3, 0.4) is 0 Å². The minimum atomic E-state index is -0.268. The Morgan fingerprint density at radius 3 is 1.70 bits per heavy atom. The third kappa shape index (κ3) is 12.4. The van der Waals surface area contributed by atoms with Gasteiger partial charge in [-0.1, -0.05) is 26.0 Å². The molecule has 1 rings (SSSR count). The molecule has 0 N–H and O–H groups in total. The summed E-state index contributed by atoms with van der Waals surface area (Å²) in [5.41, 5.74) is 0.955. The van der Waals surface area contributed by atoms with Crippen LogP contribution in [0.4, 0.5) is 0 Å². The number of ether oxygens (including phenoxy) is 3. The highest BCUT2D eigenvalue weighted by molar-refractivity contribution is 5.66. The lowest BCUT2D eigenvalue weighted by Crippen LogP contribution is -1.98. The van der Waals surface area contributed by atoms with Crippen LogP contribution < -0.4 is 4.74 Å². The second kappa shape index (κ2) is 13.4. The Bertz CT molecular complexity index is 370. The van der Waals surface area contributed by atoms with Gasteiger partial charge in [0, 0.05) is 13.8 Å². The number of rotatable bonds is 3. The van der Waals surface area contributed by atoms with Gasteiger partial charge < -0.3 is 14.2 Å². The lowest BCUT2D eigenvalue weighted by Gasteiger charge is -2.03. The predicted molar refractivity (Wildman–Crippen MR) is 77.5 cm³/mol. The molecule has 0 atom stereocenters. The van der Waals surface area contributed by atoms with Crippen molar-refractivity contribution in [1.29, 1.82) is 0 Å². The summed E-state index contributed by atoms with van der Waals surface area (Å²) in [4.78, 5) is 20.1. The molecule has 5 nitrogen and oxygen atoms in total. The van der Waals surface area contributed by atoms with Gasteiger partial charge in [0.05, 0.1) is 14.2 Å². The minimum absolute atomic E-state index is 0.245. The number of methoxy groups -OCH3 is 2. The van der Waals surface area contributed by atoms with Crippen LogP contribution in [0.5, 0.6) is 5.75 Å². The highest BCUT2D eigenvalue weighted by Gasteiger charge is 1.96. The summed E-state index contributed by atoms with van der Waals surface area (Å²) in [6.07, 6.45) is 0. The first-order valence-corrected chi connectivity index (χ1v) is 6.30. The van der Waals surface area contributed by atoms with Gasteiger partial charge in [0.15, 0.2) is 0 Å². The molecule has 0 amide bonds. The lowest BCUT2D eigenvalue weighted by atomic mass is 10.2. The number of esters is 2. The Morgan fingerprint density at radius 2 is 1.40 bits per heavy atom. The highest BCUT2D eigenvalue weighted by atomic mass is 16.5. The van der Waals surface area contributed by atoms with E-state index in [4.69, 9.17) is 9.47 Å². The monoisotopic (exact) mass is 284 g/mol. The van der Waals surface area contributed by atoms with Gasteiger partial charge in [-0.3, -0.25) is 9.59 Å². The van der Waals surface area contributed by atoms with Crippen LogP contribution in [0.2, 0.25) is 0 Å². The fourth-order valence-electron chi connectivity index (χ4n) is 0.907. The minimum Gasteiger partial charge on any atom is -0.497 e. The van der Waals surface area contributed by atoms with Crippen molar-refractivity contribution in [2.24, 2.45) is 0 Å². The average molecular weight is 284 g/mol. The summed E-state index contributed by atoms with van der Waals surface area (Å²) in [7, 11) is 2.96. The third-order valence-corrected chi connectivity index (χ3v) is 1.89. The summed E-state index contributed by atoms with van der Waals surface area (Å²) in [5.74, 6) is 0.285. The molecule has 0 aliphatic carbocycles. The fraction of sp³-hybridized carbons (Fsp3) is 0.467. The van der Waals surface area contributed by atoms with Gasteiger partial charge in [-0.05, 0) is 17.7 Å². The molecule has 114 valence electrons. The number of carbonyl (C=O) groups excluding carboxylic acids is 2. The molecule has 0 heterocycles. The first-order valence-electron chi connectivity index (χ1n) is 6.30. The third-order valence-electron chi connectivity index (χ3n) is 1.89. The van der Waals surface area contributed by atoms with Crippen molar-refractivity contribution in [2.45, 2.75) is 34.3 Å². The van der Waals surface area contributed by atoms with E-state index in [2.05, 4.69) is 4.74 Å². The molecule has 0 saturated heterocycles. The first kappa shape index (κ1) is 20.3. The maximum absolute atomic E-state index is 10.5. The van der Waals surface area contributed by atoms with Gasteiger partial charge in [0.2, 0.25) is 0 Å². The molecule has 1 aromatic rings. The van der Waals surface area contributed by atoms with E-state index in [1.807, 2.05) is 38.1 Å². The second-order valence-electron chi connectivity index (χ2n) is 3.32. The number of carbonyl (C=O) groups is 2. The standard InChI is InChI=1S/C10H12O3.C3H6O2.C2H6/c1-8(11)13-7-9-3-5-10(12-2)6-4-9;1-3(4)5-2;1-2/h3-6H,7H2,1-2H3;1-2H3;1-2H3. The zero-order chi connectivity index (χ0) is 16.0. The van der Waals surface area contributed by atoms with E-state index in [1.165, 1.54) is 21.0 Å². The van der Waals surface area contributed by atoms with Crippen molar-refractivity contribution < 1.29 is 23.8 Å². The van der Waals surface area contributed by atoms with Gasteiger partial charge in [-0.15, -0.1) is 0 Å². The molecule has 0 spiro atoms. The molecule has 0 aromatic heterocycles. The van der Waals surface area contributed by atoms with Crippen LogP contribution in [0.1, 0.15) is 33.3 Å².